The van der Waals surface area contributed by atoms with Gasteiger partial charge in [0, 0.05) is 0 Å². The minimum atomic E-state index is -2.65. The van der Waals surface area contributed by atoms with Crippen molar-refractivity contribution in [3.8, 4) is 0 Å². The van der Waals surface area contributed by atoms with Crippen LogP contribution in [0, 0.1) is 5.92 Å². The molecule has 1 aromatic rings. The van der Waals surface area contributed by atoms with Crippen LogP contribution in [0.3, 0.4) is 0 Å². The second-order valence-electron chi connectivity index (χ2n) is 4.86. The van der Waals surface area contributed by atoms with Gasteiger partial charge in [0.1, 0.15) is 0 Å². The maximum absolute atomic E-state index is 6.11. The van der Waals surface area contributed by atoms with Gasteiger partial charge in [0.15, 0.2) is 0 Å². The summed E-state index contributed by atoms with van der Waals surface area (Å²) in [5, 5.41) is 0. The molecule has 1 aromatic carbocycles. The molecule has 1 rings (SSSR count). The highest BCUT2D eigenvalue weighted by molar-refractivity contribution is 7.64. The predicted octanol–water partition coefficient (Wildman–Crippen LogP) is 6.72. The molecule has 0 N–H and O–H groups in total. The Morgan fingerprint density at radius 3 is 2.40 bits per heavy atom. The normalized spacial score (nSPS) is 13.6. The predicted molar refractivity (Wildman–Crippen MR) is 95.8 cm³/mol. The molecule has 0 fully saturated rings. The second kappa shape index (κ2) is 8.94. The molecule has 110 valence electrons. The molecule has 0 radical (unpaired) electrons. The minimum absolute atomic E-state index is 0.234. The summed E-state index contributed by atoms with van der Waals surface area (Å²) in [6.07, 6.45) is 7.41. The van der Waals surface area contributed by atoms with Gasteiger partial charge in [-0.3, -0.25) is 0 Å². The van der Waals surface area contributed by atoms with E-state index in [9.17, 15) is 0 Å². The van der Waals surface area contributed by atoms with Crippen molar-refractivity contribution in [3.05, 3.63) is 54.6 Å². The van der Waals surface area contributed by atoms with Gasteiger partial charge in [-0.05, 0) is 42.4 Å². The highest BCUT2D eigenvalue weighted by atomic mass is 35.8. The van der Waals surface area contributed by atoms with E-state index >= 15 is 0 Å². The van der Waals surface area contributed by atoms with Gasteiger partial charge in [0.05, 0.1) is 0 Å². The van der Waals surface area contributed by atoms with Crippen molar-refractivity contribution >= 4 is 44.8 Å². The van der Waals surface area contributed by atoms with Gasteiger partial charge < -0.3 is 0 Å². The molecule has 0 nitrogen and oxygen atoms in total. The van der Waals surface area contributed by atoms with Gasteiger partial charge in [0.25, 0.3) is 0 Å². The summed E-state index contributed by atoms with van der Waals surface area (Å²) < 4.78 is 0. The second-order valence-corrected chi connectivity index (χ2v) is 14.1. The van der Waals surface area contributed by atoms with Crippen LogP contribution in [0.25, 0.3) is 5.57 Å². The highest BCUT2D eigenvalue weighted by Crippen LogP contribution is 2.37. The Labute approximate surface area is 137 Å². The van der Waals surface area contributed by atoms with Gasteiger partial charge in [-0.2, -0.15) is 0 Å². The van der Waals surface area contributed by atoms with Gasteiger partial charge in [-0.15, -0.1) is 33.2 Å². The summed E-state index contributed by atoms with van der Waals surface area (Å²) in [6.45, 7) is 6.36. The molecular weight excluding hydrogens is 327 g/mol. The Morgan fingerprint density at radius 2 is 1.85 bits per heavy atom. The Balaban J connectivity index is 2.76. The van der Waals surface area contributed by atoms with E-state index in [4.69, 9.17) is 33.2 Å². The van der Waals surface area contributed by atoms with Crippen molar-refractivity contribution in [2.24, 2.45) is 5.92 Å². The lowest BCUT2D eigenvalue weighted by Crippen LogP contribution is -2.17. The van der Waals surface area contributed by atoms with Crippen LogP contribution in [-0.4, -0.2) is 6.00 Å². The topological polar surface area (TPSA) is 0 Å². The summed E-state index contributed by atoms with van der Waals surface area (Å²) in [7, 11) is 0. The van der Waals surface area contributed by atoms with E-state index in [-0.39, 0.29) is 5.92 Å². The Morgan fingerprint density at radius 1 is 1.20 bits per heavy atom. The summed E-state index contributed by atoms with van der Waals surface area (Å²) in [6, 6.07) is 8.14. The van der Waals surface area contributed by atoms with Crippen LogP contribution in [0.1, 0.15) is 31.7 Å². The Kier molecular flexibility index (Phi) is 7.97. The molecule has 1 unspecified atom stereocenters. The molecule has 0 saturated heterocycles. The first-order valence-corrected chi connectivity index (χ1v) is 12.1. The van der Waals surface area contributed by atoms with Crippen LogP contribution >= 0.6 is 33.2 Å². The lowest BCUT2D eigenvalue weighted by Gasteiger charge is -2.22. The summed E-state index contributed by atoms with van der Waals surface area (Å²) in [4.78, 5) is 0. The highest BCUT2D eigenvalue weighted by Gasteiger charge is 2.30. The fourth-order valence-corrected chi connectivity index (χ4v) is 4.83. The average Bonchev–Trinajstić information content (AvgIpc) is 2.41. The lowest BCUT2D eigenvalue weighted by atomic mass is 9.91. The Bertz CT molecular complexity index is 435. The zero-order chi connectivity index (χ0) is 15.0. The third-order valence-corrected chi connectivity index (χ3v) is 5.54. The van der Waals surface area contributed by atoms with Crippen LogP contribution in [-0.2, 0) is 0 Å². The molecular formula is C16H21Cl3Si. The molecule has 0 aliphatic heterocycles. The van der Waals surface area contributed by atoms with Crippen molar-refractivity contribution in [3.63, 3.8) is 0 Å². The van der Waals surface area contributed by atoms with Crippen LogP contribution in [0.4, 0.5) is 0 Å². The van der Waals surface area contributed by atoms with E-state index in [0.717, 1.165) is 30.4 Å². The van der Waals surface area contributed by atoms with Crippen LogP contribution in [0.15, 0.2) is 49.1 Å². The van der Waals surface area contributed by atoms with E-state index in [0.29, 0.717) is 6.04 Å². The quantitative estimate of drug-likeness (QED) is 0.278. The molecule has 0 heterocycles. The van der Waals surface area contributed by atoms with Crippen LogP contribution < -0.4 is 0 Å². The molecule has 0 saturated carbocycles. The fraction of sp³-hybridized carbons (Fsp3) is 0.375. The molecule has 20 heavy (non-hydrogen) atoms. The van der Waals surface area contributed by atoms with Crippen LogP contribution in [0.5, 0.6) is 0 Å². The number of benzene rings is 1. The zero-order valence-corrected chi connectivity index (χ0v) is 15.1. The zero-order valence-electron chi connectivity index (χ0n) is 11.8. The average molecular weight is 348 g/mol. The number of hydrogen-bond acceptors (Lipinski definition) is 0. The summed E-state index contributed by atoms with van der Waals surface area (Å²) in [5.41, 5.74) is 2.22. The van der Waals surface area contributed by atoms with E-state index in [1.165, 1.54) is 0 Å². The third-order valence-electron chi connectivity index (χ3n) is 3.20. The maximum atomic E-state index is 6.11. The van der Waals surface area contributed by atoms with E-state index < -0.39 is 6.00 Å². The van der Waals surface area contributed by atoms with Crippen molar-refractivity contribution < 1.29 is 0 Å². The van der Waals surface area contributed by atoms with E-state index in [1.807, 2.05) is 18.2 Å². The van der Waals surface area contributed by atoms with Crippen molar-refractivity contribution in [2.45, 2.75) is 32.2 Å². The lowest BCUT2D eigenvalue weighted by molar-refractivity contribution is 0.672. The molecule has 4 heteroatoms. The fourth-order valence-electron chi connectivity index (χ4n) is 2.15. The first-order chi connectivity index (χ1) is 9.44. The molecule has 0 spiro atoms. The number of allylic oxidation sites excluding steroid dienone is 3. The number of halogens is 3. The standard InChI is InChI=1S/C16H21Cl3Si/c1-3-4-5-7-12-16(13-20(17,18)19)14(2)15-10-8-6-9-11-15/h4-6,8-11,16H,2-3,7,12-13H2,1H3/b5-4+. The Hall–Kier alpha value is -0.213. The first-order valence-electron chi connectivity index (χ1n) is 6.90. The molecule has 0 amide bonds. The molecule has 0 aliphatic rings. The largest absolute Gasteiger partial charge is 0.342 e. The summed E-state index contributed by atoms with van der Waals surface area (Å²) in [5.74, 6) is 0.234. The van der Waals surface area contributed by atoms with Gasteiger partial charge in [0.2, 0.25) is 0 Å². The van der Waals surface area contributed by atoms with Crippen molar-refractivity contribution in [2.75, 3.05) is 0 Å². The molecule has 1 atom stereocenters. The monoisotopic (exact) mass is 346 g/mol. The van der Waals surface area contributed by atoms with Crippen molar-refractivity contribution in [1.82, 2.24) is 0 Å². The smallest absolute Gasteiger partial charge is 0.126 e. The van der Waals surface area contributed by atoms with Gasteiger partial charge in [-0.1, -0.05) is 56.0 Å². The van der Waals surface area contributed by atoms with Gasteiger partial charge >= 0.3 is 6.00 Å². The number of rotatable bonds is 8. The molecule has 0 aliphatic carbocycles. The first kappa shape index (κ1) is 17.8. The maximum Gasteiger partial charge on any atom is 0.342 e. The summed E-state index contributed by atoms with van der Waals surface area (Å²) >= 11 is 18.3. The van der Waals surface area contributed by atoms with E-state index in [2.05, 4.69) is 37.8 Å². The molecule has 0 aromatic heterocycles. The third kappa shape index (κ3) is 6.99. The number of hydrogen-bond donors (Lipinski definition) is 0. The van der Waals surface area contributed by atoms with E-state index in [1.54, 1.807) is 0 Å². The minimum Gasteiger partial charge on any atom is -0.126 e. The van der Waals surface area contributed by atoms with Gasteiger partial charge in [-0.25, -0.2) is 0 Å². The molecule has 0 bridgehead atoms. The van der Waals surface area contributed by atoms with Crippen molar-refractivity contribution in [1.29, 1.82) is 0 Å². The van der Waals surface area contributed by atoms with Crippen LogP contribution in [0.2, 0.25) is 6.04 Å². The SMILES string of the molecule is C=C(c1ccccc1)C(CC/C=C/CC)C[Si](Cl)(Cl)Cl.